The predicted octanol–water partition coefficient (Wildman–Crippen LogP) is 0.313. The van der Waals surface area contributed by atoms with Crippen LogP contribution >= 0.6 is 11.6 Å². The first-order chi connectivity index (χ1) is 7.59. The van der Waals surface area contributed by atoms with Crippen molar-refractivity contribution in [3.63, 3.8) is 0 Å². The number of rotatable bonds is 3. The van der Waals surface area contributed by atoms with Gasteiger partial charge in [0.15, 0.2) is 0 Å². The first kappa shape index (κ1) is 12.6. The van der Waals surface area contributed by atoms with Gasteiger partial charge in [-0.25, -0.2) is 0 Å². The second-order valence-electron chi connectivity index (χ2n) is 4.19. The smallest absolute Gasteiger partial charge is 0.279 e. The van der Waals surface area contributed by atoms with Crippen LogP contribution in [0, 0.1) is 0 Å². The molecule has 5 nitrogen and oxygen atoms in total. The number of alkyl halides is 1. The van der Waals surface area contributed by atoms with E-state index in [0.29, 0.717) is 26.3 Å². The molecule has 2 atom stereocenters. The van der Waals surface area contributed by atoms with Crippen LogP contribution < -0.4 is 4.72 Å². The van der Waals surface area contributed by atoms with Crippen LogP contribution in [-0.2, 0) is 14.9 Å². The molecule has 0 bridgehead atoms. The number of halogens is 1. The molecule has 1 N–H and O–H groups in total. The molecular weight excluding hydrogens is 252 g/mol. The molecule has 1 aliphatic heterocycles. The van der Waals surface area contributed by atoms with Crippen molar-refractivity contribution < 1.29 is 13.2 Å². The predicted molar refractivity (Wildman–Crippen MR) is 61.7 cm³/mol. The van der Waals surface area contributed by atoms with E-state index in [-0.39, 0.29) is 11.4 Å². The van der Waals surface area contributed by atoms with Crippen LogP contribution in [-0.4, -0.2) is 50.4 Å². The van der Waals surface area contributed by atoms with Crippen LogP contribution in [0.15, 0.2) is 0 Å². The van der Waals surface area contributed by atoms with E-state index in [1.165, 1.54) is 4.31 Å². The Kier molecular flexibility index (Phi) is 4.07. The molecule has 94 valence electrons. The molecule has 0 aromatic heterocycles. The molecule has 16 heavy (non-hydrogen) atoms. The van der Waals surface area contributed by atoms with Crippen molar-refractivity contribution in [2.75, 3.05) is 26.3 Å². The van der Waals surface area contributed by atoms with Gasteiger partial charge in [0.25, 0.3) is 10.2 Å². The third kappa shape index (κ3) is 2.87. The topological polar surface area (TPSA) is 58.6 Å². The number of morpholine rings is 1. The maximum atomic E-state index is 12.0. The lowest BCUT2D eigenvalue weighted by molar-refractivity contribution is 0.0723. The zero-order valence-electron chi connectivity index (χ0n) is 9.06. The summed E-state index contributed by atoms with van der Waals surface area (Å²) in [6.07, 6.45) is 2.71. The fourth-order valence-electron chi connectivity index (χ4n) is 2.10. The Morgan fingerprint density at radius 1 is 1.25 bits per heavy atom. The SMILES string of the molecule is O=S(=O)(NC1CCCC1Cl)N1CCOCC1. The van der Waals surface area contributed by atoms with Crippen molar-refractivity contribution in [2.45, 2.75) is 30.7 Å². The summed E-state index contributed by atoms with van der Waals surface area (Å²) in [5, 5.41) is -0.0733. The highest BCUT2D eigenvalue weighted by Gasteiger charge is 2.32. The van der Waals surface area contributed by atoms with E-state index in [9.17, 15) is 8.42 Å². The first-order valence-electron chi connectivity index (χ1n) is 5.59. The molecule has 2 aliphatic rings. The molecule has 0 spiro atoms. The van der Waals surface area contributed by atoms with Gasteiger partial charge in [0.05, 0.1) is 13.2 Å². The zero-order chi connectivity index (χ0) is 11.6. The lowest BCUT2D eigenvalue weighted by Gasteiger charge is -2.28. The number of hydrogen-bond acceptors (Lipinski definition) is 3. The standard InChI is InChI=1S/C9H17ClN2O3S/c10-8-2-1-3-9(8)11-16(13,14)12-4-6-15-7-5-12/h8-9,11H,1-7H2. The third-order valence-corrected chi connectivity index (χ3v) is 5.21. The van der Waals surface area contributed by atoms with Crippen molar-refractivity contribution in [3.8, 4) is 0 Å². The van der Waals surface area contributed by atoms with E-state index in [1.807, 2.05) is 0 Å². The Morgan fingerprint density at radius 3 is 2.50 bits per heavy atom. The van der Waals surface area contributed by atoms with Crippen LogP contribution in [0.4, 0.5) is 0 Å². The van der Waals surface area contributed by atoms with Crippen molar-refractivity contribution >= 4 is 21.8 Å². The third-order valence-electron chi connectivity index (χ3n) is 3.04. The molecule has 0 aromatic carbocycles. The summed E-state index contributed by atoms with van der Waals surface area (Å²) in [4.78, 5) is 0. The van der Waals surface area contributed by atoms with Gasteiger partial charge in [-0.2, -0.15) is 17.4 Å². The summed E-state index contributed by atoms with van der Waals surface area (Å²) in [5.74, 6) is 0. The lowest BCUT2D eigenvalue weighted by atomic mass is 10.3. The minimum atomic E-state index is -3.38. The summed E-state index contributed by atoms with van der Waals surface area (Å²) >= 11 is 6.05. The Bertz CT molecular complexity index is 330. The average Bonchev–Trinajstić information content (AvgIpc) is 2.65. The van der Waals surface area contributed by atoms with Crippen LogP contribution in [0.5, 0.6) is 0 Å². The molecule has 2 unspecified atom stereocenters. The van der Waals surface area contributed by atoms with E-state index in [4.69, 9.17) is 16.3 Å². The molecule has 1 saturated heterocycles. The average molecular weight is 269 g/mol. The highest BCUT2D eigenvalue weighted by Crippen LogP contribution is 2.24. The lowest BCUT2D eigenvalue weighted by Crippen LogP contribution is -2.50. The second-order valence-corrected chi connectivity index (χ2v) is 6.45. The summed E-state index contributed by atoms with van der Waals surface area (Å²) in [7, 11) is -3.38. The summed E-state index contributed by atoms with van der Waals surface area (Å²) in [6, 6.07) is -0.116. The Hall–Kier alpha value is 0.120. The van der Waals surface area contributed by atoms with Gasteiger partial charge in [0.1, 0.15) is 0 Å². The minimum Gasteiger partial charge on any atom is -0.379 e. The molecule has 2 fully saturated rings. The maximum Gasteiger partial charge on any atom is 0.279 e. The number of nitrogens with zero attached hydrogens (tertiary/aromatic N) is 1. The normalized spacial score (nSPS) is 33.1. The van der Waals surface area contributed by atoms with E-state index in [1.54, 1.807) is 0 Å². The molecule has 0 aromatic rings. The first-order valence-corrected chi connectivity index (χ1v) is 7.46. The van der Waals surface area contributed by atoms with Crippen molar-refractivity contribution in [2.24, 2.45) is 0 Å². The molecule has 0 amide bonds. The van der Waals surface area contributed by atoms with Crippen LogP contribution in [0.1, 0.15) is 19.3 Å². The number of ether oxygens (including phenoxy) is 1. The van der Waals surface area contributed by atoms with Crippen molar-refractivity contribution in [1.29, 1.82) is 0 Å². The monoisotopic (exact) mass is 268 g/mol. The van der Waals surface area contributed by atoms with Crippen LogP contribution in [0.2, 0.25) is 0 Å². The van der Waals surface area contributed by atoms with E-state index >= 15 is 0 Å². The molecule has 1 aliphatic carbocycles. The van der Waals surface area contributed by atoms with E-state index in [2.05, 4.69) is 4.72 Å². The van der Waals surface area contributed by atoms with Crippen LogP contribution in [0.3, 0.4) is 0 Å². The van der Waals surface area contributed by atoms with Gasteiger partial charge in [0, 0.05) is 24.5 Å². The van der Waals surface area contributed by atoms with Gasteiger partial charge in [-0.3, -0.25) is 0 Å². The Labute approximate surface area is 101 Å². The van der Waals surface area contributed by atoms with Crippen LogP contribution in [0.25, 0.3) is 0 Å². The Morgan fingerprint density at radius 2 is 1.94 bits per heavy atom. The van der Waals surface area contributed by atoms with Gasteiger partial charge in [-0.1, -0.05) is 6.42 Å². The second kappa shape index (κ2) is 5.18. The fourth-order valence-corrected chi connectivity index (χ4v) is 3.96. The molecule has 0 radical (unpaired) electrons. The largest absolute Gasteiger partial charge is 0.379 e. The summed E-state index contributed by atoms with van der Waals surface area (Å²) in [6.45, 7) is 1.79. The fraction of sp³-hybridized carbons (Fsp3) is 1.00. The molecule has 1 heterocycles. The van der Waals surface area contributed by atoms with E-state index < -0.39 is 10.2 Å². The molecule has 1 saturated carbocycles. The zero-order valence-corrected chi connectivity index (χ0v) is 10.6. The Balaban J connectivity index is 1.96. The molecule has 7 heteroatoms. The maximum absolute atomic E-state index is 12.0. The highest BCUT2D eigenvalue weighted by atomic mass is 35.5. The van der Waals surface area contributed by atoms with Gasteiger partial charge in [-0.05, 0) is 12.8 Å². The van der Waals surface area contributed by atoms with E-state index in [0.717, 1.165) is 19.3 Å². The quantitative estimate of drug-likeness (QED) is 0.750. The van der Waals surface area contributed by atoms with Gasteiger partial charge in [-0.15, -0.1) is 11.6 Å². The molecule has 2 rings (SSSR count). The summed E-state index contributed by atoms with van der Waals surface area (Å²) < 4.78 is 33.2. The summed E-state index contributed by atoms with van der Waals surface area (Å²) in [5.41, 5.74) is 0. The van der Waals surface area contributed by atoms with Crippen molar-refractivity contribution in [1.82, 2.24) is 9.03 Å². The van der Waals surface area contributed by atoms with Gasteiger partial charge >= 0.3 is 0 Å². The van der Waals surface area contributed by atoms with Gasteiger partial charge in [0.2, 0.25) is 0 Å². The van der Waals surface area contributed by atoms with Crippen molar-refractivity contribution in [3.05, 3.63) is 0 Å². The van der Waals surface area contributed by atoms with Gasteiger partial charge < -0.3 is 4.74 Å². The highest BCUT2D eigenvalue weighted by molar-refractivity contribution is 7.87. The number of nitrogens with one attached hydrogen (secondary N) is 1. The number of hydrogen-bond donors (Lipinski definition) is 1. The molecular formula is C9H17ClN2O3S. The minimum absolute atomic E-state index is 0.0733.